The first kappa shape index (κ1) is 8.00. The van der Waals surface area contributed by atoms with E-state index in [9.17, 15) is 0 Å². The summed E-state index contributed by atoms with van der Waals surface area (Å²) in [5.41, 5.74) is 0.412. The van der Waals surface area contributed by atoms with Crippen molar-refractivity contribution in [2.45, 2.75) is 0 Å². The van der Waals surface area contributed by atoms with E-state index in [1.165, 1.54) is 18.9 Å². The molecule has 0 spiro atoms. The van der Waals surface area contributed by atoms with Gasteiger partial charge in [-0.3, -0.25) is 0 Å². The van der Waals surface area contributed by atoms with Crippen molar-refractivity contribution in [2.75, 3.05) is 0 Å². The van der Waals surface area contributed by atoms with E-state index in [1.54, 1.807) is 0 Å². The van der Waals surface area contributed by atoms with Gasteiger partial charge in [-0.15, -0.1) is 0 Å². The van der Waals surface area contributed by atoms with Gasteiger partial charge in [-0.25, -0.2) is 24.9 Å². The predicted octanol–water partition coefficient (Wildman–Crippen LogP) is 0.782. The topological polar surface area (TPSA) is 64.5 Å². The van der Waals surface area contributed by atoms with Gasteiger partial charge in [-0.1, -0.05) is 11.6 Å². The van der Waals surface area contributed by atoms with Gasteiger partial charge in [0.15, 0.2) is 5.82 Å². The highest BCUT2D eigenvalue weighted by Gasteiger charge is 2.02. The van der Waals surface area contributed by atoms with Crippen LogP contribution in [0.15, 0.2) is 18.9 Å². The molecular formula is C7H3ClN5. The Hall–Kier alpha value is -1.62. The number of rotatable bonds is 1. The summed E-state index contributed by atoms with van der Waals surface area (Å²) in [6.45, 7) is 0. The van der Waals surface area contributed by atoms with Gasteiger partial charge in [0.1, 0.15) is 29.7 Å². The molecule has 2 aromatic rings. The fourth-order valence-electron chi connectivity index (χ4n) is 0.769. The molecule has 0 atom stereocenters. The van der Waals surface area contributed by atoms with Crippen molar-refractivity contribution in [3.05, 3.63) is 30.2 Å². The summed E-state index contributed by atoms with van der Waals surface area (Å²) in [6, 6.07) is 0. The van der Waals surface area contributed by atoms with Crippen molar-refractivity contribution in [2.24, 2.45) is 0 Å². The van der Waals surface area contributed by atoms with Crippen LogP contribution in [-0.4, -0.2) is 24.9 Å². The number of aromatic nitrogens is 5. The summed E-state index contributed by atoms with van der Waals surface area (Å²) in [5.74, 6) is 0.407. The SMILES string of the molecule is Clc1cn[c]c(-c2ncncn2)n1. The lowest BCUT2D eigenvalue weighted by Crippen LogP contribution is -1.93. The molecule has 0 amide bonds. The zero-order valence-electron chi connectivity index (χ0n) is 6.35. The van der Waals surface area contributed by atoms with Crippen LogP contribution in [0.2, 0.25) is 5.15 Å². The van der Waals surface area contributed by atoms with E-state index in [-0.39, 0.29) is 5.15 Å². The van der Waals surface area contributed by atoms with Gasteiger partial charge in [-0.2, -0.15) is 0 Å². The second-order valence-electron chi connectivity index (χ2n) is 2.11. The zero-order valence-corrected chi connectivity index (χ0v) is 7.10. The molecule has 0 unspecified atom stereocenters. The number of hydrogen-bond donors (Lipinski definition) is 0. The maximum atomic E-state index is 5.63. The second-order valence-corrected chi connectivity index (χ2v) is 2.50. The van der Waals surface area contributed by atoms with Crippen molar-refractivity contribution in [3.63, 3.8) is 0 Å². The second kappa shape index (κ2) is 3.40. The van der Waals surface area contributed by atoms with Crippen LogP contribution < -0.4 is 0 Å². The summed E-state index contributed by atoms with van der Waals surface area (Å²) >= 11 is 5.63. The van der Waals surface area contributed by atoms with E-state index in [0.29, 0.717) is 11.5 Å². The molecule has 2 heterocycles. The van der Waals surface area contributed by atoms with Gasteiger partial charge in [-0.05, 0) is 0 Å². The van der Waals surface area contributed by atoms with Crippen LogP contribution in [0.25, 0.3) is 11.5 Å². The average molecular weight is 193 g/mol. The van der Waals surface area contributed by atoms with Gasteiger partial charge in [0, 0.05) is 0 Å². The third-order valence-electron chi connectivity index (χ3n) is 1.27. The Labute approximate surface area is 78.9 Å². The molecule has 2 aromatic heterocycles. The van der Waals surface area contributed by atoms with Crippen LogP contribution in [-0.2, 0) is 0 Å². The molecule has 2 rings (SSSR count). The van der Waals surface area contributed by atoms with Gasteiger partial charge in [0.05, 0.1) is 6.20 Å². The number of hydrogen-bond acceptors (Lipinski definition) is 5. The summed E-state index contributed by atoms with van der Waals surface area (Å²) in [6.07, 6.45) is 6.77. The van der Waals surface area contributed by atoms with Crippen LogP contribution in [0.3, 0.4) is 0 Å². The molecular weight excluding hydrogens is 190 g/mol. The molecule has 0 aromatic carbocycles. The maximum absolute atomic E-state index is 5.63. The molecule has 0 bridgehead atoms. The Morgan fingerprint density at radius 1 is 1.23 bits per heavy atom. The largest absolute Gasteiger partial charge is 0.249 e. The summed E-state index contributed by atoms with van der Waals surface area (Å²) in [5, 5.41) is 0.286. The summed E-state index contributed by atoms with van der Waals surface area (Å²) in [4.78, 5) is 19.1. The molecule has 6 heteroatoms. The molecule has 0 saturated heterocycles. The van der Waals surface area contributed by atoms with Crippen molar-refractivity contribution in [3.8, 4) is 11.5 Å². The predicted molar refractivity (Wildman–Crippen MR) is 44.7 cm³/mol. The first-order valence-electron chi connectivity index (χ1n) is 3.39. The minimum Gasteiger partial charge on any atom is -0.249 e. The molecule has 0 aliphatic heterocycles. The van der Waals surface area contributed by atoms with Crippen LogP contribution in [0, 0.1) is 6.20 Å². The fraction of sp³-hybridized carbons (Fsp3) is 0. The lowest BCUT2D eigenvalue weighted by molar-refractivity contribution is 1.03. The molecule has 0 aliphatic rings. The molecule has 13 heavy (non-hydrogen) atoms. The van der Waals surface area contributed by atoms with Crippen LogP contribution in [0.4, 0.5) is 0 Å². The standard InChI is InChI=1S/C7H3ClN5/c8-6-2-9-1-5(13-6)7-11-3-10-4-12-7/h2-4H. The molecule has 63 valence electrons. The lowest BCUT2D eigenvalue weighted by Gasteiger charge is -1.95. The summed E-state index contributed by atoms with van der Waals surface area (Å²) < 4.78 is 0. The minimum absolute atomic E-state index is 0.286. The van der Waals surface area contributed by atoms with Gasteiger partial charge in [0.25, 0.3) is 0 Å². The summed E-state index contributed by atoms with van der Waals surface area (Å²) in [7, 11) is 0. The van der Waals surface area contributed by atoms with E-state index in [0.717, 1.165) is 0 Å². The van der Waals surface area contributed by atoms with E-state index in [1.807, 2.05) is 0 Å². The molecule has 0 N–H and O–H groups in total. The number of halogens is 1. The quantitative estimate of drug-likeness (QED) is 0.668. The molecule has 1 radical (unpaired) electrons. The average Bonchev–Trinajstić information content (AvgIpc) is 2.19. The highest BCUT2D eigenvalue weighted by atomic mass is 35.5. The smallest absolute Gasteiger partial charge is 0.183 e. The molecule has 0 fully saturated rings. The van der Waals surface area contributed by atoms with Gasteiger partial charge < -0.3 is 0 Å². The Bertz CT molecular complexity index is 405. The molecule has 0 saturated carbocycles. The van der Waals surface area contributed by atoms with E-state index in [4.69, 9.17) is 11.6 Å². The Kier molecular flexibility index (Phi) is 2.09. The van der Waals surface area contributed by atoms with Crippen molar-refractivity contribution < 1.29 is 0 Å². The van der Waals surface area contributed by atoms with Crippen LogP contribution in [0.5, 0.6) is 0 Å². The van der Waals surface area contributed by atoms with E-state index < -0.39 is 0 Å². The van der Waals surface area contributed by atoms with Crippen molar-refractivity contribution in [1.82, 2.24) is 24.9 Å². The normalized spacial score (nSPS) is 9.92. The Morgan fingerprint density at radius 3 is 2.69 bits per heavy atom. The Balaban J connectivity index is 2.48. The highest BCUT2D eigenvalue weighted by molar-refractivity contribution is 6.29. The van der Waals surface area contributed by atoms with Crippen LogP contribution in [0.1, 0.15) is 0 Å². The van der Waals surface area contributed by atoms with Crippen molar-refractivity contribution in [1.29, 1.82) is 0 Å². The number of nitrogens with zero attached hydrogens (tertiary/aromatic N) is 5. The first-order valence-corrected chi connectivity index (χ1v) is 3.76. The third-order valence-corrected chi connectivity index (χ3v) is 1.45. The zero-order chi connectivity index (χ0) is 9.10. The van der Waals surface area contributed by atoms with Gasteiger partial charge >= 0.3 is 0 Å². The lowest BCUT2D eigenvalue weighted by atomic mass is 10.4. The molecule has 0 aliphatic carbocycles. The fourth-order valence-corrected chi connectivity index (χ4v) is 0.902. The Morgan fingerprint density at radius 2 is 2.00 bits per heavy atom. The molecule has 5 nitrogen and oxygen atoms in total. The maximum Gasteiger partial charge on any atom is 0.183 e. The minimum atomic E-state index is 0.286. The van der Waals surface area contributed by atoms with Crippen molar-refractivity contribution >= 4 is 11.6 Å². The van der Waals surface area contributed by atoms with E-state index >= 15 is 0 Å². The highest BCUT2D eigenvalue weighted by Crippen LogP contribution is 2.10. The van der Waals surface area contributed by atoms with E-state index in [2.05, 4.69) is 31.1 Å². The van der Waals surface area contributed by atoms with Gasteiger partial charge in [0.2, 0.25) is 0 Å². The first-order chi connectivity index (χ1) is 6.36. The van der Waals surface area contributed by atoms with Crippen LogP contribution >= 0.6 is 11.6 Å². The third kappa shape index (κ3) is 1.75. The monoisotopic (exact) mass is 192 g/mol.